The van der Waals surface area contributed by atoms with Gasteiger partial charge < -0.3 is 18.6 Å². The number of fused-ring (bicyclic) bond motifs is 1. The van der Waals surface area contributed by atoms with Gasteiger partial charge in [0.05, 0.1) is 18.1 Å². The van der Waals surface area contributed by atoms with E-state index in [0.29, 0.717) is 34.6 Å². The van der Waals surface area contributed by atoms with E-state index in [2.05, 4.69) is 11.3 Å². The number of hydrogen-bond donors (Lipinski definition) is 0. The highest BCUT2D eigenvalue weighted by molar-refractivity contribution is 5.89. The van der Waals surface area contributed by atoms with Crippen LogP contribution in [-0.2, 0) is 4.74 Å². The van der Waals surface area contributed by atoms with E-state index < -0.39 is 5.97 Å². The molecule has 0 N–H and O–H groups in total. The second-order valence-electron chi connectivity index (χ2n) is 5.95. The van der Waals surface area contributed by atoms with Crippen LogP contribution >= 0.6 is 0 Å². The summed E-state index contributed by atoms with van der Waals surface area (Å²) in [6.07, 6.45) is 1.25. The molecule has 0 amide bonds. The lowest BCUT2D eigenvalue weighted by atomic mass is 10.2. The average Bonchev–Trinajstić information content (AvgIpc) is 2.68. The maximum Gasteiger partial charge on any atom is 0.337 e. The van der Waals surface area contributed by atoms with Crippen LogP contribution in [0, 0.1) is 0 Å². The zero-order valence-corrected chi connectivity index (χ0v) is 15.0. The minimum absolute atomic E-state index is 0.0453. The van der Waals surface area contributed by atoms with Crippen molar-refractivity contribution in [3.63, 3.8) is 0 Å². The van der Waals surface area contributed by atoms with Gasteiger partial charge in [-0.3, -0.25) is 4.79 Å². The molecule has 1 heterocycles. The Hall–Kier alpha value is -3.54. The minimum atomic E-state index is -0.448. The SMILES string of the molecule is C=C(C)COc1ccc2c(=O)c(Oc3ccc(C(=O)OC)cc3)coc2c1. The van der Waals surface area contributed by atoms with Crippen LogP contribution in [0.3, 0.4) is 0 Å². The summed E-state index contributed by atoms with van der Waals surface area (Å²) in [5, 5.41) is 0.376. The second-order valence-corrected chi connectivity index (χ2v) is 5.95. The minimum Gasteiger partial charge on any atom is -0.489 e. The third-order valence-electron chi connectivity index (χ3n) is 3.70. The summed E-state index contributed by atoms with van der Waals surface area (Å²) >= 11 is 0. The van der Waals surface area contributed by atoms with Crippen LogP contribution in [0.15, 0.2) is 70.1 Å². The molecule has 27 heavy (non-hydrogen) atoms. The van der Waals surface area contributed by atoms with Crippen LogP contribution in [0.25, 0.3) is 11.0 Å². The van der Waals surface area contributed by atoms with E-state index in [-0.39, 0.29) is 11.2 Å². The summed E-state index contributed by atoms with van der Waals surface area (Å²) in [6, 6.07) is 11.2. The van der Waals surface area contributed by atoms with Crippen molar-refractivity contribution in [2.24, 2.45) is 0 Å². The van der Waals surface area contributed by atoms with Gasteiger partial charge in [-0.25, -0.2) is 4.79 Å². The number of hydrogen-bond acceptors (Lipinski definition) is 6. The molecule has 0 aliphatic heterocycles. The molecule has 0 fully saturated rings. The van der Waals surface area contributed by atoms with Crippen molar-refractivity contribution >= 4 is 16.9 Å². The summed E-state index contributed by atoms with van der Waals surface area (Å²) < 4.78 is 21.3. The number of ether oxygens (including phenoxy) is 3. The predicted molar refractivity (Wildman–Crippen MR) is 101 cm³/mol. The molecule has 0 spiro atoms. The maximum atomic E-state index is 12.6. The molecule has 0 saturated carbocycles. The molecular formula is C21H18O6. The highest BCUT2D eigenvalue weighted by Crippen LogP contribution is 2.24. The molecule has 3 aromatic rings. The van der Waals surface area contributed by atoms with E-state index in [1.807, 2.05) is 6.92 Å². The van der Waals surface area contributed by atoms with Gasteiger partial charge in [0.15, 0.2) is 0 Å². The summed E-state index contributed by atoms with van der Waals surface area (Å²) in [4.78, 5) is 24.1. The lowest BCUT2D eigenvalue weighted by Gasteiger charge is -2.08. The van der Waals surface area contributed by atoms with Gasteiger partial charge in [-0.15, -0.1) is 0 Å². The molecule has 2 aromatic carbocycles. The summed E-state index contributed by atoms with van der Waals surface area (Å²) in [7, 11) is 1.31. The van der Waals surface area contributed by atoms with Crippen molar-refractivity contribution in [3.05, 3.63) is 76.7 Å². The number of carbonyl (C=O) groups excluding carboxylic acids is 1. The first-order valence-electron chi connectivity index (χ1n) is 8.17. The largest absolute Gasteiger partial charge is 0.489 e. The molecule has 138 valence electrons. The van der Waals surface area contributed by atoms with Crippen LogP contribution < -0.4 is 14.9 Å². The molecule has 0 unspecified atom stereocenters. The number of carbonyl (C=O) groups is 1. The van der Waals surface area contributed by atoms with Crippen LogP contribution in [-0.4, -0.2) is 19.7 Å². The third-order valence-corrected chi connectivity index (χ3v) is 3.70. The predicted octanol–water partition coefficient (Wildman–Crippen LogP) is 4.33. The molecule has 0 saturated heterocycles. The van der Waals surface area contributed by atoms with Crippen LogP contribution in [0.5, 0.6) is 17.2 Å². The first-order chi connectivity index (χ1) is 13.0. The Labute approximate surface area is 155 Å². The van der Waals surface area contributed by atoms with E-state index in [0.717, 1.165) is 5.57 Å². The van der Waals surface area contributed by atoms with E-state index in [1.54, 1.807) is 42.5 Å². The summed E-state index contributed by atoms with van der Waals surface area (Å²) in [5.74, 6) is 0.580. The Morgan fingerprint density at radius 2 is 1.81 bits per heavy atom. The molecule has 6 heteroatoms. The molecule has 0 aliphatic carbocycles. The molecule has 0 radical (unpaired) electrons. The molecular weight excluding hydrogens is 348 g/mol. The Morgan fingerprint density at radius 3 is 2.48 bits per heavy atom. The Morgan fingerprint density at radius 1 is 1.11 bits per heavy atom. The van der Waals surface area contributed by atoms with Crippen LogP contribution in [0.4, 0.5) is 0 Å². The van der Waals surface area contributed by atoms with Gasteiger partial charge in [-0.2, -0.15) is 0 Å². The Kier molecular flexibility index (Phi) is 5.26. The fourth-order valence-electron chi connectivity index (χ4n) is 2.36. The van der Waals surface area contributed by atoms with Crippen LogP contribution in [0.2, 0.25) is 0 Å². The van der Waals surface area contributed by atoms with Gasteiger partial charge in [-0.05, 0) is 48.9 Å². The molecule has 0 bridgehead atoms. The first kappa shape index (κ1) is 18.3. The maximum absolute atomic E-state index is 12.6. The van der Waals surface area contributed by atoms with Crippen molar-refractivity contribution in [1.82, 2.24) is 0 Å². The van der Waals surface area contributed by atoms with E-state index in [9.17, 15) is 9.59 Å². The molecule has 0 aliphatic rings. The number of benzene rings is 2. The highest BCUT2D eigenvalue weighted by atomic mass is 16.5. The number of methoxy groups -OCH3 is 1. The fourth-order valence-corrected chi connectivity index (χ4v) is 2.36. The van der Waals surface area contributed by atoms with Crippen molar-refractivity contribution in [2.45, 2.75) is 6.92 Å². The molecule has 1 aromatic heterocycles. The first-order valence-corrected chi connectivity index (χ1v) is 8.17. The monoisotopic (exact) mass is 366 g/mol. The Balaban J connectivity index is 1.84. The van der Waals surface area contributed by atoms with Crippen molar-refractivity contribution in [1.29, 1.82) is 0 Å². The molecule has 0 atom stereocenters. The van der Waals surface area contributed by atoms with Gasteiger partial charge in [0.25, 0.3) is 0 Å². The van der Waals surface area contributed by atoms with Crippen molar-refractivity contribution in [3.8, 4) is 17.2 Å². The fraction of sp³-hybridized carbons (Fsp3) is 0.143. The molecule has 3 rings (SSSR count). The van der Waals surface area contributed by atoms with Gasteiger partial charge in [-0.1, -0.05) is 6.58 Å². The summed E-state index contributed by atoms with van der Waals surface area (Å²) in [5.41, 5.74) is 1.36. The molecule has 6 nitrogen and oxygen atoms in total. The second kappa shape index (κ2) is 7.78. The van der Waals surface area contributed by atoms with E-state index >= 15 is 0 Å². The van der Waals surface area contributed by atoms with Gasteiger partial charge in [0, 0.05) is 6.07 Å². The van der Waals surface area contributed by atoms with E-state index in [4.69, 9.17) is 13.9 Å². The quantitative estimate of drug-likeness (QED) is 0.478. The van der Waals surface area contributed by atoms with Crippen molar-refractivity contribution in [2.75, 3.05) is 13.7 Å². The van der Waals surface area contributed by atoms with Gasteiger partial charge >= 0.3 is 5.97 Å². The lowest BCUT2D eigenvalue weighted by molar-refractivity contribution is 0.0600. The number of esters is 1. The normalized spacial score (nSPS) is 10.4. The Bertz CT molecular complexity index is 1050. The third kappa shape index (κ3) is 4.17. The highest BCUT2D eigenvalue weighted by Gasteiger charge is 2.11. The lowest BCUT2D eigenvalue weighted by Crippen LogP contribution is -2.06. The van der Waals surface area contributed by atoms with Crippen molar-refractivity contribution < 1.29 is 23.4 Å². The smallest absolute Gasteiger partial charge is 0.337 e. The topological polar surface area (TPSA) is 75.0 Å². The zero-order valence-electron chi connectivity index (χ0n) is 15.0. The zero-order chi connectivity index (χ0) is 19.4. The van der Waals surface area contributed by atoms with Gasteiger partial charge in [0.1, 0.15) is 30.0 Å². The standard InChI is InChI=1S/C21H18O6/c1-13(2)11-25-16-8-9-17-18(10-16)26-12-19(20(17)22)27-15-6-4-14(5-7-15)21(23)24-3/h4-10,12H,1,11H2,2-3H3. The van der Waals surface area contributed by atoms with Gasteiger partial charge in [0.2, 0.25) is 11.2 Å². The average molecular weight is 366 g/mol. The van der Waals surface area contributed by atoms with Crippen LogP contribution in [0.1, 0.15) is 17.3 Å². The number of rotatable bonds is 6. The van der Waals surface area contributed by atoms with E-state index in [1.165, 1.54) is 13.4 Å². The summed E-state index contributed by atoms with van der Waals surface area (Å²) in [6.45, 7) is 6.03.